The second-order valence-corrected chi connectivity index (χ2v) is 7.13. The van der Waals surface area contributed by atoms with E-state index in [2.05, 4.69) is 25.8 Å². The number of ether oxygens (including phenoxy) is 2. The van der Waals surface area contributed by atoms with Crippen molar-refractivity contribution in [2.75, 3.05) is 7.05 Å². The number of nitrogens with one attached hydrogen (secondary N) is 2. The van der Waals surface area contributed by atoms with Crippen LogP contribution in [0.3, 0.4) is 0 Å². The zero-order chi connectivity index (χ0) is 20.1. The molecule has 0 bridgehead atoms. The molecular formula is C18H21N5O4S. The highest BCUT2D eigenvalue weighted by Gasteiger charge is 2.18. The van der Waals surface area contributed by atoms with Crippen LogP contribution in [-0.4, -0.2) is 34.3 Å². The van der Waals surface area contributed by atoms with Crippen LogP contribution in [0.1, 0.15) is 32.7 Å². The molecule has 0 aliphatic rings. The van der Waals surface area contributed by atoms with Crippen molar-refractivity contribution >= 4 is 17.4 Å². The maximum atomic E-state index is 11.4. The Bertz CT molecular complexity index is 922. The molecule has 1 aromatic carbocycles. The molecule has 2 heterocycles. The van der Waals surface area contributed by atoms with Gasteiger partial charge in [0.05, 0.1) is 17.2 Å². The molecule has 1 atom stereocenters. The first kappa shape index (κ1) is 19.6. The molecule has 0 saturated carbocycles. The predicted octanol–water partition coefficient (Wildman–Crippen LogP) is 3.76. The maximum absolute atomic E-state index is 11.4. The third kappa shape index (κ3) is 4.97. The van der Waals surface area contributed by atoms with E-state index >= 15 is 0 Å². The molecule has 0 saturated heterocycles. The molecular weight excluding hydrogens is 382 g/mol. The molecule has 2 N–H and O–H groups in total. The van der Waals surface area contributed by atoms with Gasteiger partial charge in [-0.2, -0.15) is 4.98 Å². The Morgan fingerprint density at radius 2 is 1.89 bits per heavy atom. The molecule has 9 nitrogen and oxygen atoms in total. The summed E-state index contributed by atoms with van der Waals surface area (Å²) in [5, 5.41) is 9.54. The monoisotopic (exact) mass is 403 g/mol. The number of thiazole rings is 1. The molecule has 0 fully saturated rings. The number of benzene rings is 1. The number of carbonyl (C=O) groups is 1. The standard InChI is InChI=1S/C18H21N5O4S/c1-10(2)25-12-5-7-13(8-6-12)26-18-20-9-14(28-18)15-22-16(27-23-15)11(3)21-17(24)19-4/h5-11H,1-4H3,(H2,19,21,24). The summed E-state index contributed by atoms with van der Waals surface area (Å²) in [5.41, 5.74) is 0. The summed E-state index contributed by atoms with van der Waals surface area (Å²) in [6.45, 7) is 5.70. The second kappa shape index (κ2) is 8.70. The van der Waals surface area contributed by atoms with Crippen molar-refractivity contribution in [1.29, 1.82) is 0 Å². The first-order chi connectivity index (χ1) is 13.4. The lowest BCUT2D eigenvalue weighted by molar-refractivity contribution is 0.236. The van der Waals surface area contributed by atoms with Gasteiger partial charge in [0.25, 0.3) is 5.19 Å². The fourth-order valence-corrected chi connectivity index (χ4v) is 2.92. The van der Waals surface area contributed by atoms with Crippen LogP contribution in [0.25, 0.3) is 10.7 Å². The first-order valence-corrected chi connectivity index (χ1v) is 9.49. The molecule has 3 aromatic rings. The highest BCUT2D eigenvalue weighted by atomic mass is 32.1. The molecule has 0 radical (unpaired) electrons. The number of hydrogen-bond acceptors (Lipinski definition) is 8. The van der Waals surface area contributed by atoms with E-state index in [9.17, 15) is 4.79 Å². The summed E-state index contributed by atoms with van der Waals surface area (Å²) >= 11 is 1.29. The smallest absolute Gasteiger partial charge is 0.315 e. The van der Waals surface area contributed by atoms with Crippen LogP contribution < -0.4 is 20.1 Å². The largest absolute Gasteiger partial charge is 0.491 e. The summed E-state index contributed by atoms with van der Waals surface area (Å²) in [4.78, 5) is 20.6. The molecule has 0 aliphatic heterocycles. The van der Waals surface area contributed by atoms with Crippen LogP contribution in [-0.2, 0) is 0 Å². The summed E-state index contributed by atoms with van der Waals surface area (Å²) < 4.78 is 16.6. The fourth-order valence-electron chi connectivity index (χ4n) is 2.21. The normalized spacial score (nSPS) is 11.9. The topological polar surface area (TPSA) is 111 Å². The molecule has 2 aromatic heterocycles. The Morgan fingerprint density at radius 3 is 2.57 bits per heavy atom. The minimum atomic E-state index is -0.420. The van der Waals surface area contributed by atoms with E-state index in [1.807, 2.05) is 38.1 Å². The van der Waals surface area contributed by atoms with E-state index in [1.54, 1.807) is 13.1 Å². The maximum Gasteiger partial charge on any atom is 0.315 e. The van der Waals surface area contributed by atoms with Crippen molar-refractivity contribution in [2.45, 2.75) is 32.9 Å². The van der Waals surface area contributed by atoms with Crippen molar-refractivity contribution in [1.82, 2.24) is 25.8 Å². The summed E-state index contributed by atoms with van der Waals surface area (Å²) in [7, 11) is 1.53. The van der Waals surface area contributed by atoms with Crippen molar-refractivity contribution in [3.63, 3.8) is 0 Å². The molecule has 0 spiro atoms. The van der Waals surface area contributed by atoms with Gasteiger partial charge in [-0.3, -0.25) is 0 Å². The van der Waals surface area contributed by atoms with Gasteiger partial charge in [-0.15, -0.1) is 0 Å². The predicted molar refractivity (Wildman–Crippen MR) is 104 cm³/mol. The average molecular weight is 403 g/mol. The Morgan fingerprint density at radius 1 is 1.18 bits per heavy atom. The van der Waals surface area contributed by atoms with Gasteiger partial charge in [0, 0.05) is 7.05 Å². The summed E-state index contributed by atoms with van der Waals surface area (Å²) in [6.07, 6.45) is 1.73. The number of aromatic nitrogens is 3. The third-order valence-corrected chi connectivity index (χ3v) is 4.36. The molecule has 28 heavy (non-hydrogen) atoms. The van der Waals surface area contributed by atoms with E-state index < -0.39 is 6.04 Å². The van der Waals surface area contributed by atoms with Crippen LogP contribution in [0.2, 0.25) is 0 Å². The van der Waals surface area contributed by atoms with Crippen molar-refractivity contribution in [2.24, 2.45) is 0 Å². The van der Waals surface area contributed by atoms with Crippen LogP contribution in [0.15, 0.2) is 35.0 Å². The lowest BCUT2D eigenvalue weighted by Crippen LogP contribution is -2.34. The third-order valence-electron chi connectivity index (χ3n) is 3.49. The van der Waals surface area contributed by atoms with Gasteiger partial charge in [0.15, 0.2) is 0 Å². The first-order valence-electron chi connectivity index (χ1n) is 8.67. The zero-order valence-electron chi connectivity index (χ0n) is 15.9. The molecule has 3 rings (SSSR count). The molecule has 0 aliphatic carbocycles. The lowest BCUT2D eigenvalue weighted by atomic mass is 10.3. The minimum absolute atomic E-state index is 0.113. The van der Waals surface area contributed by atoms with Gasteiger partial charge < -0.3 is 24.6 Å². The lowest BCUT2D eigenvalue weighted by Gasteiger charge is -2.09. The number of rotatable bonds is 7. The van der Waals surface area contributed by atoms with Gasteiger partial charge in [0.1, 0.15) is 17.5 Å². The van der Waals surface area contributed by atoms with Crippen molar-refractivity contribution < 1.29 is 18.8 Å². The van der Waals surface area contributed by atoms with Crippen LogP contribution >= 0.6 is 11.3 Å². The van der Waals surface area contributed by atoms with Gasteiger partial charge in [-0.1, -0.05) is 16.5 Å². The highest BCUT2D eigenvalue weighted by molar-refractivity contribution is 7.16. The molecule has 10 heteroatoms. The SMILES string of the molecule is CNC(=O)NC(C)c1nc(-c2cnc(Oc3ccc(OC(C)C)cc3)s2)no1. The van der Waals surface area contributed by atoms with Gasteiger partial charge >= 0.3 is 6.03 Å². The zero-order valence-corrected chi connectivity index (χ0v) is 16.7. The van der Waals surface area contributed by atoms with E-state index in [-0.39, 0.29) is 12.1 Å². The number of amides is 2. The van der Waals surface area contributed by atoms with Crippen LogP contribution in [0.5, 0.6) is 16.7 Å². The van der Waals surface area contributed by atoms with Crippen molar-refractivity contribution in [3.8, 4) is 27.4 Å². The van der Waals surface area contributed by atoms with E-state index in [0.717, 1.165) is 5.75 Å². The number of carbonyl (C=O) groups excluding carboxylic acids is 1. The number of nitrogens with zero attached hydrogens (tertiary/aromatic N) is 3. The van der Waals surface area contributed by atoms with Crippen molar-refractivity contribution in [3.05, 3.63) is 36.4 Å². The van der Waals surface area contributed by atoms with Gasteiger partial charge in [-0.05, 0) is 45.0 Å². The summed E-state index contributed by atoms with van der Waals surface area (Å²) in [6, 6.07) is 6.57. The second-order valence-electron chi connectivity index (χ2n) is 6.13. The van der Waals surface area contributed by atoms with Gasteiger partial charge in [0.2, 0.25) is 11.7 Å². The molecule has 1 unspecified atom stereocenters. The Labute approximate surface area is 166 Å². The minimum Gasteiger partial charge on any atom is -0.491 e. The number of urea groups is 1. The van der Waals surface area contributed by atoms with E-state index in [4.69, 9.17) is 14.0 Å². The average Bonchev–Trinajstić information content (AvgIpc) is 3.32. The van der Waals surface area contributed by atoms with E-state index in [0.29, 0.717) is 27.5 Å². The quantitative estimate of drug-likeness (QED) is 0.618. The van der Waals surface area contributed by atoms with Crippen LogP contribution in [0, 0.1) is 0 Å². The fraction of sp³-hybridized carbons (Fsp3) is 0.333. The number of hydrogen-bond donors (Lipinski definition) is 2. The van der Waals surface area contributed by atoms with Gasteiger partial charge in [-0.25, -0.2) is 9.78 Å². The van der Waals surface area contributed by atoms with E-state index in [1.165, 1.54) is 18.4 Å². The Balaban J connectivity index is 1.65. The Hall–Kier alpha value is -3.14. The Kier molecular flexibility index (Phi) is 6.09. The molecule has 2 amide bonds. The molecule has 148 valence electrons. The van der Waals surface area contributed by atoms with Crippen LogP contribution in [0.4, 0.5) is 4.79 Å². The summed E-state index contributed by atoms with van der Waals surface area (Å²) in [5.74, 6) is 2.11. The highest BCUT2D eigenvalue weighted by Crippen LogP contribution is 2.32.